The van der Waals surface area contributed by atoms with Gasteiger partial charge in [-0.2, -0.15) is 0 Å². The normalized spacial score (nSPS) is 10.3. The van der Waals surface area contributed by atoms with E-state index in [-0.39, 0.29) is 5.97 Å². The second-order valence-corrected chi connectivity index (χ2v) is 4.75. The summed E-state index contributed by atoms with van der Waals surface area (Å²) in [6.07, 6.45) is 0.362. The van der Waals surface area contributed by atoms with E-state index in [0.717, 1.165) is 20.9 Å². The first-order valence-electron chi connectivity index (χ1n) is 5.70. The molecule has 0 atom stereocenters. The van der Waals surface area contributed by atoms with E-state index < -0.39 is 0 Å². The van der Waals surface area contributed by atoms with Gasteiger partial charge in [-0.1, -0.05) is 40.2 Å². The highest BCUT2D eigenvalue weighted by Gasteiger charge is 2.04. The monoisotopic (exact) mass is 307 g/mol. The van der Waals surface area contributed by atoms with Gasteiger partial charge in [0.2, 0.25) is 0 Å². The zero-order valence-electron chi connectivity index (χ0n) is 10.1. The minimum atomic E-state index is -0.205. The Hall–Kier alpha value is -1.55. The molecule has 0 saturated heterocycles. The lowest BCUT2D eigenvalue weighted by Gasteiger charge is -2.10. The second kappa shape index (κ2) is 5.87. The standard InChI is InChI=1S/C14H14BrNO2/c1-18-14(17)8-9-16-13-7-6-12(15)10-4-2-3-5-11(10)13/h2-7,16H,8-9H2,1H3. The molecular weight excluding hydrogens is 294 g/mol. The third-order valence-electron chi connectivity index (χ3n) is 2.74. The molecule has 0 unspecified atom stereocenters. The average molecular weight is 308 g/mol. The van der Waals surface area contributed by atoms with Crippen LogP contribution < -0.4 is 5.32 Å². The minimum Gasteiger partial charge on any atom is -0.469 e. The van der Waals surface area contributed by atoms with Crippen molar-refractivity contribution in [1.82, 2.24) is 0 Å². The molecule has 0 aliphatic carbocycles. The van der Waals surface area contributed by atoms with Gasteiger partial charge in [0.05, 0.1) is 13.5 Å². The van der Waals surface area contributed by atoms with E-state index in [2.05, 4.69) is 38.1 Å². The van der Waals surface area contributed by atoms with Gasteiger partial charge in [0.1, 0.15) is 0 Å². The first kappa shape index (κ1) is 12.9. The van der Waals surface area contributed by atoms with Crippen molar-refractivity contribution >= 4 is 38.4 Å². The van der Waals surface area contributed by atoms with E-state index in [1.54, 1.807) is 0 Å². The van der Waals surface area contributed by atoms with Crippen LogP contribution in [0, 0.1) is 0 Å². The van der Waals surface area contributed by atoms with Crippen LogP contribution in [0.3, 0.4) is 0 Å². The zero-order chi connectivity index (χ0) is 13.0. The number of rotatable bonds is 4. The Bertz CT molecular complexity index is 569. The van der Waals surface area contributed by atoms with Crippen molar-refractivity contribution in [3.8, 4) is 0 Å². The van der Waals surface area contributed by atoms with Crippen LogP contribution in [-0.2, 0) is 9.53 Å². The van der Waals surface area contributed by atoms with Crippen LogP contribution >= 0.6 is 15.9 Å². The molecule has 0 heterocycles. The number of nitrogens with one attached hydrogen (secondary N) is 1. The maximum absolute atomic E-state index is 11.0. The lowest BCUT2D eigenvalue weighted by Crippen LogP contribution is -2.09. The number of esters is 1. The molecule has 0 fully saturated rings. The topological polar surface area (TPSA) is 38.3 Å². The molecule has 0 radical (unpaired) electrons. The van der Waals surface area contributed by atoms with E-state index in [0.29, 0.717) is 13.0 Å². The lowest BCUT2D eigenvalue weighted by molar-refractivity contribution is -0.140. The average Bonchev–Trinajstić information content (AvgIpc) is 2.41. The van der Waals surface area contributed by atoms with Crippen molar-refractivity contribution in [2.75, 3.05) is 19.0 Å². The fourth-order valence-electron chi connectivity index (χ4n) is 1.82. The second-order valence-electron chi connectivity index (χ2n) is 3.89. The van der Waals surface area contributed by atoms with Gasteiger partial charge in [-0.15, -0.1) is 0 Å². The van der Waals surface area contributed by atoms with Crippen molar-refractivity contribution in [2.24, 2.45) is 0 Å². The summed E-state index contributed by atoms with van der Waals surface area (Å²) in [6.45, 7) is 0.568. The Morgan fingerprint density at radius 1 is 1.22 bits per heavy atom. The summed E-state index contributed by atoms with van der Waals surface area (Å²) in [6, 6.07) is 12.1. The number of carbonyl (C=O) groups is 1. The maximum atomic E-state index is 11.0. The van der Waals surface area contributed by atoms with E-state index in [1.165, 1.54) is 7.11 Å². The van der Waals surface area contributed by atoms with Crippen LogP contribution in [0.1, 0.15) is 6.42 Å². The van der Waals surface area contributed by atoms with Gasteiger partial charge in [0, 0.05) is 22.1 Å². The number of benzene rings is 2. The first-order chi connectivity index (χ1) is 8.72. The zero-order valence-corrected chi connectivity index (χ0v) is 11.7. The van der Waals surface area contributed by atoms with Gasteiger partial charge in [-0.25, -0.2) is 0 Å². The van der Waals surface area contributed by atoms with E-state index in [9.17, 15) is 4.79 Å². The lowest BCUT2D eigenvalue weighted by atomic mass is 10.1. The minimum absolute atomic E-state index is 0.205. The van der Waals surface area contributed by atoms with Crippen molar-refractivity contribution in [3.63, 3.8) is 0 Å². The number of anilines is 1. The molecule has 0 aliphatic rings. The summed E-state index contributed by atoms with van der Waals surface area (Å²) < 4.78 is 5.67. The van der Waals surface area contributed by atoms with Crippen LogP contribution in [-0.4, -0.2) is 19.6 Å². The Kier molecular flexibility index (Phi) is 4.20. The third kappa shape index (κ3) is 2.82. The highest BCUT2D eigenvalue weighted by atomic mass is 79.9. The van der Waals surface area contributed by atoms with Gasteiger partial charge >= 0.3 is 5.97 Å². The molecule has 2 rings (SSSR count). The van der Waals surface area contributed by atoms with Crippen LogP contribution in [0.4, 0.5) is 5.69 Å². The van der Waals surface area contributed by atoms with Gasteiger partial charge in [-0.3, -0.25) is 4.79 Å². The number of fused-ring (bicyclic) bond motifs is 1. The molecule has 0 amide bonds. The molecule has 2 aromatic rings. The Balaban J connectivity index is 2.18. The van der Waals surface area contributed by atoms with Crippen LogP contribution in [0.15, 0.2) is 40.9 Å². The van der Waals surface area contributed by atoms with Crippen molar-refractivity contribution in [2.45, 2.75) is 6.42 Å². The van der Waals surface area contributed by atoms with Crippen LogP contribution in [0.25, 0.3) is 10.8 Å². The first-order valence-corrected chi connectivity index (χ1v) is 6.49. The summed E-state index contributed by atoms with van der Waals surface area (Å²) in [5, 5.41) is 5.55. The quantitative estimate of drug-likeness (QED) is 0.878. The number of ether oxygens (including phenoxy) is 1. The van der Waals surface area contributed by atoms with Gasteiger partial charge in [0.25, 0.3) is 0 Å². The summed E-state index contributed by atoms with van der Waals surface area (Å²) in [7, 11) is 1.40. The Labute approximate surface area is 114 Å². The molecule has 94 valence electrons. The number of hydrogen-bond acceptors (Lipinski definition) is 3. The number of methoxy groups -OCH3 is 1. The van der Waals surface area contributed by atoms with Crippen molar-refractivity contribution in [1.29, 1.82) is 0 Å². The fourth-order valence-corrected chi connectivity index (χ4v) is 2.30. The maximum Gasteiger partial charge on any atom is 0.307 e. The molecule has 18 heavy (non-hydrogen) atoms. The van der Waals surface area contributed by atoms with Crippen LogP contribution in [0.2, 0.25) is 0 Å². The summed E-state index contributed by atoms with van der Waals surface area (Å²) in [4.78, 5) is 11.0. The molecule has 0 saturated carbocycles. The smallest absolute Gasteiger partial charge is 0.307 e. The van der Waals surface area contributed by atoms with Crippen LogP contribution in [0.5, 0.6) is 0 Å². The number of hydrogen-bond donors (Lipinski definition) is 1. The molecule has 0 bridgehead atoms. The third-order valence-corrected chi connectivity index (χ3v) is 3.43. The van der Waals surface area contributed by atoms with E-state index in [1.807, 2.05) is 24.3 Å². The van der Waals surface area contributed by atoms with Crippen molar-refractivity contribution < 1.29 is 9.53 Å². The summed E-state index contributed by atoms with van der Waals surface area (Å²) >= 11 is 3.53. The van der Waals surface area contributed by atoms with Crippen molar-refractivity contribution in [3.05, 3.63) is 40.9 Å². The molecule has 0 aliphatic heterocycles. The highest BCUT2D eigenvalue weighted by Crippen LogP contribution is 2.29. The molecule has 0 aromatic heterocycles. The summed E-state index contributed by atoms with van der Waals surface area (Å²) in [5.74, 6) is -0.205. The molecule has 1 N–H and O–H groups in total. The van der Waals surface area contributed by atoms with E-state index >= 15 is 0 Å². The molecular formula is C14H14BrNO2. The van der Waals surface area contributed by atoms with Gasteiger partial charge < -0.3 is 10.1 Å². The van der Waals surface area contributed by atoms with Gasteiger partial charge in [-0.05, 0) is 17.5 Å². The number of halogens is 1. The van der Waals surface area contributed by atoms with E-state index in [4.69, 9.17) is 0 Å². The Morgan fingerprint density at radius 3 is 2.67 bits per heavy atom. The molecule has 2 aromatic carbocycles. The molecule has 4 heteroatoms. The fraction of sp³-hybridized carbons (Fsp3) is 0.214. The number of carbonyl (C=O) groups excluding carboxylic acids is 1. The predicted octanol–water partition coefficient (Wildman–Crippen LogP) is 3.58. The largest absolute Gasteiger partial charge is 0.469 e. The Morgan fingerprint density at radius 2 is 1.94 bits per heavy atom. The molecule has 0 spiro atoms. The van der Waals surface area contributed by atoms with Gasteiger partial charge in [0.15, 0.2) is 0 Å². The molecule has 3 nitrogen and oxygen atoms in total. The summed E-state index contributed by atoms with van der Waals surface area (Å²) in [5.41, 5.74) is 1.03. The SMILES string of the molecule is COC(=O)CCNc1ccc(Br)c2ccccc12. The predicted molar refractivity (Wildman–Crippen MR) is 76.8 cm³/mol. The highest BCUT2D eigenvalue weighted by molar-refractivity contribution is 9.10.